The van der Waals surface area contributed by atoms with Crippen LogP contribution in [0.1, 0.15) is 25.5 Å². The molecule has 2 rings (SSSR count). The summed E-state index contributed by atoms with van der Waals surface area (Å²) in [4.78, 5) is 2.44. The maximum Gasteiger partial charge on any atom is 0.0646 e. The molecule has 1 fully saturated rings. The van der Waals surface area contributed by atoms with Crippen molar-refractivity contribution in [3.63, 3.8) is 0 Å². The predicted octanol–water partition coefficient (Wildman–Crippen LogP) is 1.36. The molecule has 0 bridgehead atoms. The Labute approximate surface area is 107 Å². The molecule has 1 aromatic heterocycles. The average molecular weight is 255 g/mol. The fourth-order valence-corrected chi connectivity index (χ4v) is 3.16. The third-order valence-corrected chi connectivity index (χ3v) is 4.28. The highest BCUT2D eigenvalue weighted by Gasteiger charge is 2.36. The number of hydrazine groups is 1. The SMILES string of the molecule is CC(C)(C(NN)c1ccsc1)N1CCOCC1. The van der Waals surface area contributed by atoms with Crippen molar-refractivity contribution in [1.29, 1.82) is 0 Å². The molecule has 4 nitrogen and oxygen atoms in total. The van der Waals surface area contributed by atoms with Crippen molar-refractivity contribution >= 4 is 11.3 Å². The quantitative estimate of drug-likeness (QED) is 0.630. The highest BCUT2D eigenvalue weighted by atomic mass is 32.1. The minimum absolute atomic E-state index is 0.0143. The van der Waals surface area contributed by atoms with Crippen LogP contribution in [-0.4, -0.2) is 36.7 Å². The van der Waals surface area contributed by atoms with Crippen LogP contribution in [-0.2, 0) is 4.74 Å². The van der Waals surface area contributed by atoms with Gasteiger partial charge in [0.2, 0.25) is 0 Å². The molecule has 1 aliphatic heterocycles. The summed E-state index contributed by atoms with van der Waals surface area (Å²) in [7, 11) is 0. The molecule has 0 aliphatic carbocycles. The summed E-state index contributed by atoms with van der Waals surface area (Å²) in [6, 6.07) is 2.28. The van der Waals surface area contributed by atoms with Gasteiger partial charge < -0.3 is 4.74 Å². The zero-order chi connectivity index (χ0) is 12.3. The first kappa shape index (κ1) is 13.0. The Morgan fingerprint density at radius 3 is 2.71 bits per heavy atom. The van der Waals surface area contributed by atoms with Crippen molar-refractivity contribution in [2.24, 2.45) is 5.84 Å². The Morgan fingerprint density at radius 2 is 2.18 bits per heavy atom. The third-order valence-electron chi connectivity index (χ3n) is 3.58. The Balaban J connectivity index is 2.16. The molecular formula is C12H21N3OS. The van der Waals surface area contributed by atoms with Gasteiger partial charge in [-0.1, -0.05) is 0 Å². The van der Waals surface area contributed by atoms with Crippen molar-refractivity contribution in [2.75, 3.05) is 26.3 Å². The van der Waals surface area contributed by atoms with Gasteiger partial charge in [0, 0.05) is 18.6 Å². The zero-order valence-corrected chi connectivity index (χ0v) is 11.3. The maximum absolute atomic E-state index is 5.75. The van der Waals surface area contributed by atoms with Gasteiger partial charge in [0.05, 0.1) is 19.3 Å². The van der Waals surface area contributed by atoms with E-state index in [9.17, 15) is 0 Å². The highest BCUT2D eigenvalue weighted by Crippen LogP contribution is 2.32. The number of morpholine rings is 1. The minimum Gasteiger partial charge on any atom is -0.379 e. The second-order valence-corrected chi connectivity index (χ2v) is 5.69. The van der Waals surface area contributed by atoms with Gasteiger partial charge in [0.25, 0.3) is 0 Å². The summed E-state index contributed by atoms with van der Waals surface area (Å²) in [5, 5.41) is 4.25. The molecule has 3 N–H and O–H groups in total. The van der Waals surface area contributed by atoms with Crippen molar-refractivity contribution < 1.29 is 4.74 Å². The van der Waals surface area contributed by atoms with Crippen LogP contribution in [0.2, 0.25) is 0 Å². The normalized spacial score (nSPS) is 20.4. The monoisotopic (exact) mass is 255 g/mol. The molecule has 1 atom stereocenters. The Kier molecular flexibility index (Phi) is 4.17. The van der Waals surface area contributed by atoms with Crippen molar-refractivity contribution in [3.05, 3.63) is 22.4 Å². The molecule has 1 saturated heterocycles. The van der Waals surface area contributed by atoms with E-state index in [1.807, 2.05) is 0 Å². The van der Waals surface area contributed by atoms with Gasteiger partial charge in [-0.25, -0.2) is 0 Å². The van der Waals surface area contributed by atoms with Crippen LogP contribution in [0, 0.1) is 0 Å². The largest absolute Gasteiger partial charge is 0.379 e. The molecule has 0 amide bonds. The van der Waals surface area contributed by atoms with E-state index in [-0.39, 0.29) is 11.6 Å². The third kappa shape index (κ3) is 2.69. The second-order valence-electron chi connectivity index (χ2n) is 4.91. The topological polar surface area (TPSA) is 50.5 Å². The number of nitrogens with one attached hydrogen (secondary N) is 1. The zero-order valence-electron chi connectivity index (χ0n) is 10.5. The van der Waals surface area contributed by atoms with Crippen molar-refractivity contribution in [2.45, 2.75) is 25.4 Å². The number of hydrogen-bond acceptors (Lipinski definition) is 5. The van der Waals surface area contributed by atoms with Crippen molar-refractivity contribution in [1.82, 2.24) is 10.3 Å². The van der Waals surface area contributed by atoms with Gasteiger partial charge in [0.1, 0.15) is 0 Å². The summed E-state index contributed by atoms with van der Waals surface area (Å²) in [6.07, 6.45) is 0. The van der Waals surface area contributed by atoms with E-state index in [2.05, 4.69) is 41.0 Å². The lowest BCUT2D eigenvalue weighted by atomic mass is 9.88. The van der Waals surface area contributed by atoms with Crippen LogP contribution >= 0.6 is 11.3 Å². The summed E-state index contributed by atoms with van der Waals surface area (Å²) in [5.41, 5.74) is 4.21. The average Bonchev–Trinajstić information content (AvgIpc) is 2.84. The van der Waals surface area contributed by atoms with E-state index < -0.39 is 0 Å². The molecule has 17 heavy (non-hydrogen) atoms. The standard InChI is InChI=1S/C12H21N3OS/c1-12(2,15-4-6-16-7-5-15)11(14-13)10-3-8-17-9-10/h3,8-9,11,14H,4-7,13H2,1-2H3. The summed E-state index contributed by atoms with van der Waals surface area (Å²) in [5.74, 6) is 5.75. The highest BCUT2D eigenvalue weighted by molar-refractivity contribution is 7.07. The lowest BCUT2D eigenvalue weighted by Crippen LogP contribution is -2.57. The molecule has 0 spiro atoms. The fraction of sp³-hybridized carbons (Fsp3) is 0.667. The van der Waals surface area contributed by atoms with Gasteiger partial charge >= 0.3 is 0 Å². The van der Waals surface area contributed by atoms with Crippen LogP contribution in [0.5, 0.6) is 0 Å². The van der Waals surface area contributed by atoms with Crippen LogP contribution < -0.4 is 11.3 Å². The molecule has 1 aromatic rings. The van der Waals surface area contributed by atoms with E-state index in [0.717, 1.165) is 26.3 Å². The molecule has 0 radical (unpaired) electrons. The van der Waals surface area contributed by atoms with E-state index in [0.29, 0.717) is 0 Å². The fourth-order valence-electron chi connectivity index (χ4n) is 2.47. The van der Waals surface area contributed by atoms with Gasteiger partial charge in [-0.3, -0.25) is 16.2 Å². The summed E-state index contributed by atoms with van der Waals surface area (Å²) < 4.78 is 5.41. The number of rotatable bonds is 4. The number of nitrogens with zero attached hydrogens (tertiary/aromatic N) is 1. The smallest absolute Gasteiger partial charge is 0.0646 e. The van der Waals surface area contributed by atoms with Gasteiger partial charge in [-0.05, 0) is 36.2 Å². The van der Waals surface area contributed by atoms with Gasteiger partial charge in [-0.2, -0.15) is 11.3 Å². The minimum atomic E-state index is -0.0143. The molecule has 0 saturated carbocycles. The van der Waals surface area contributed by atoms with Crippen LogP contribution in [0.15, 0.2) is 16.8 Å². The van der Waals surface area contributed by atoms with Crippen LogP contribution in [0.4, 0.5) is 0 Å². The lowest BCUT2D eigenvalue weighted by Gasteiger charge is -2.45. The summed E-state index contributed by atoms with van der Waals surface area (Å²) in [6.45, 7) is 8.03. The van der Waals surface area contributed by atoms with Crippen LogP contribution in [0.25, 0.3) is 0 Å². The van der Waals surface area contributed by atoms with E-state index in [4.69, 9.17) is 10.6 Å². The first-order valence-electron chi connectivity index (χ1n) is 5.97. The lowest BCUT2D eigenvalue weighted by molar-refractivity contribution is -0.0238. The van der Waals surface area contributed by atoms with Crippen LogP contribution in [0.3, 0.4) is 0 Å². The molecule has 96 valence electrons. The Bertz CT molecular complexity index is 334. The van der Waals surface area contributed by atoms with E-state index >= 15 is 0 Å². The van der Waals surface area contributed by atoms with E-state index in [1.54, 1.807) is 11.3 Å². The molecule has 0 aromatic carbocycles. The first-order chi connectivity index (χ1) is 8.16. The van der Waals surface area contributed by atoms with Crippen molar-refractivity contribution in [3.8, 4) is 0 Å². The number of ether oxygens (including phenoxy) is 1. The van der Waals surface area contributed by atoms with Gasteiger partial charge in [-0.15, -0.1) is 0 Å². The Hall–Kier alpha value is -0.460. The maximum atomic E-state index is 5.75. The number of thiophene rings is 1. The first-order valence-corrected chi connectivity index (χ1v) is 6.91. The predicted molar refractivity (Wildman–Crippen MR) is 70.9 cm³/mol. The van der Waals surface area contributed by atoms with E-state index in [1.165, 1.54) is 5.56 Å². The molecule has 2 heterocycles. The second kappa shape index (κ2) is 5.46. The molecule has 5 heteroatoms. The van der Waals surface area contributed by atoms with Gasteiger partial charge in [0.15, 0.2) is 0 Å². The molecular weight excluding hydrogens is 234 g/mol. The number of nitrogens with two attached hydrogens (primary N) is 1. The molecule has 1 aliphatic rings. The Morgan fingerprint density at radius 1 is 1.47 bits per heavy atom. The number of hydrogen-bond donors (Lipinski definition) is 2. The summed E-state index contributed by atoms with van der Waals surface area (Å²) >= 11 is 1.71. The molecule has 1 unspecified atom stereocenters.